The molecule has 126 valence electrons. The molecule has 1 N–H and O–H groups in total. The molecule has 0 radical (unpaired) electrons. The maximum atomic E-state index is 12.7. The Kier molecular flexibility index (Phi) is 6.08. The van der Waals surface area contributed by atoms with E-state index in [9.17, 15) is 4.79 Å². The Morgan fingerprint density at radius 2 is 2.09 bits per heavy atom. The van der Waals surface area contributed by atoms with Crippen LogP contribution in [0.15, 0.2) is 17.6 Å². The maximum absolute atomic E-state index is 12.7. The number of thiophene rings is 1. The van der Waals surface area contributed by atoms with E-state index in [2.05, 4.69) is 26.3 Å². The van der Waals surface area contributed by atoms with Gasteiger partial charge >= 0.3 is 0 Å². The first-order valence-corrected chi connectivity index (χ1v) is 8.30. The van der Waals surface area contributed by atoms with E-state index in [0.29, 0.717) is 5.69 Å². The third-order valence-electron chi connectivity index (χ3n) is 4.23. The van der Waals surface area contributed by atoms with Crippen LogP contribution in [0.5, 0.6) is 0 Å². The van der Waals surface area contributed by atoms with Crippen molar-refractivity contribution in [3.63, 3.8) is 0 Å². The fourth-order valence-corrected chi connectivity index (χ4v) is 3.95. The summed E-state index contributed by atoms with van der Waals surface area (Å²) < 4.78 is 2.12. The molecule has 0 bridgehead atoms. The van der Waals surface area contributed by atoms with Crippen LogP contribution in [-0.4, -0.2) is 40.0 Å². The van der Waals surface area contributed by atoms with Crippen molar-refractivity contribution in [3.05, 3.63) is 39.6 Å². The summed E-state index contributed by atoms with van der Waals surface area (Å²) in [6.45, 7) is 4.30. The zero-order valence-corrected chi connectivity index (χ0v) is 15.1. The van der Waals surface area contributed by atoms with Crippen molar-refractivity contribution in [1.29, 1.82) is 0 Å². The SMILES string of the molecule is Cl.Cl.O=C(c1cn2c(n1)CCNCC2)N1CCc2sccc2C1. The van der Waals surface area contributed by atoms with Crippen molar-refractivity contribution in [1.82, 2.24) is 19.8 Å². The molecule has 4 heterocycles. The lowest BCUT2D eigenvalue weighted by Crippen LogP contribution is -2.35. The quantitative estimate of drug-likeness (QED) is 0.831. The predicted octanol–water partition coefficient (Wildman–Crippen LogP) is 2.13. The van der Waals surface area contributed by atoms with Crippen LogP contribution in [0.2, 0.25) is 0 Å². The summed E-state index contributed by atoms with van der Waals surface area (Å²) in [6.07, 6.45) is 3.78. The lowest BCUT2D eigenvalue weighted by atomic mass is 10.1. The van der Waals surface area contributed by atoms with E-state index in [1.54, 1.807) is 11.3 Å². The number of amides is 1. The second kappa shape index (κ2) is 7.66. The van der Waals surface area contributed by atoms with Crippen LogP contribution < -0.4 is 5.32 Å². The van der Waals surface area contributed by atoms with E-state index in [-0.39, 0.29) is 30.7 Å². The molecule has 8 heteroatoms. The standard InChI is InChI=1S/C15H18N4OS.2ClH/c20-15(19-6-2-13-11(9-19)3-8-21-13)12-10-18-7-5-16-4-1-14(18)17-12;;/h3,8,10,16H,1-2,4-7,9H2;2*1H. The van der Waals surface area contributed by atoms with E-state index in [1.165, 1.54) is 10.4 Å². The molecule has 0 atom stereocenters. The molecule has 0 unspecified atom stereocenters. The number of imidazole rings is 1. The van der Waals surface area contributed by atoms with Crippen LogP contribution in [-0.2, 0) is 25.9 Å². The van der Waals surface area contributed by atoms with Crippen LogP contribution in [0.25, 0.3) is 0 Å². The molecule has 2 aromatic heterocycles. The number of nitrogens with zero attached hydrogens (tertiary/aromatic N) is 3. The van der Waals surface area contributed by atoms with Crippen molar-refractivity contribution in [2.75, 3.05) is 19.6 Å². The van der Waals surface area contributed by atoms with Gasteiger partial charge in [0.15, 0.2) is 0 Å². The summed E-state index contributed by atoms with van der Waals surface area (Å²) >= 11 is 1.79. The molecule has 2 aromatic rings. The fourth-order valence-electron chi connectivity index (χ4n) is 3.06. The summed E-state index contributed by atoms with van der Waals surface area (Å²) in [4.78, 5) is 20.6. The molecule has 5 nitrogen and oxygen atoms in total. The predicted molar refractivity (Wildman–Crippen MR) is 96.1 cm³/mol. The average molecular weight is 375 g/mol. The van der Waals surface area contributed by atoms with Gasteiger partial charge in [-0.05, 0) is 23.4 Å². The summed E-state index contributed by atoms with van der Waals surface area (Å²) in [5.74, 6) is 1.09. The Hall–Kier alpha value is -1.08. The van der Waals surface area contributed by atoms with Gasteiger partial charge in [-0.2, -0.15) is 0 Å². The highest BCUT2D eigenvalue weighted by Gasteiger charge is 2.25. The molecule has 23 heavy (non-hydrogen) atoms. The van der Waals surface area contributed by atoms with Crippen molar-refractivity contribution in [2.45, 2.75) is 25.9 Å². The summed E-state index contributed by atoms with van der Waals surface area (Å²) in [6, 6.07) is 2.13. The number of hydrogen-bond acceptors (Lipinski definition) is 4. The topological polar surface area (TPSA) is 50.2 Å². The summed E-state index contributed by atoms with van der Waals surface area (Å²) in [7, 11) is 0. The van der Waals surface area contributed by atoms with Crippen LogP contribution in [0.4, 0.5) is 0 Å². The molecule has 0 saturated carbocycles. The highest BCUT2D eigenvalue weighted by Crippen LogP contribution is 2.25. The molecule has 0 fully saturated rings. The zero-order valence-electron chi connectivity index (χ0n) is 12.7. The van der Waals surface area contributed by atoms with Crippen molar-refractivity contribution < 1.29 is 4.79 Å². The number of fused-ring (bicyclic) bond motifs is 2. The van der Waals surface area contributed by atoms with Gasteiger partial charge in [0, 0.05) is 50.2 Å². The Morgan fingerprint density at radius 1 is 1.22 bits per heavy atom. The molecule has 1 amide bonds. The summed E-state index contributed by atoms with van der Waals surface area (Å²) in [5, 5.41) is 5.46. The number of nitrogens with one attached hydrogen (secondary N) is 1. The Morgan fingerprint density at radius 3 is 2.96 bits per heavy atom. The van der Waals surface area contributed by atoms with E-state index in [4.69, 9.17) is 0 Å². The molecular formula is C15H20Cl2N4OS. The molecule has 0 aliphatic carbocycles. The lowest BCUT2D eigenvalue weighted by molar-refractivity contribution is 0.0730. The average Bonchev–Trinajstić information content (AvgIpc) is 3.08. The Labute approximate surface area is 151 Å². The third-order valence-corrected chi connectivity index (χ3v) is 5.25. The smallest absolute Gasteiger partial charge is 0.274 e. The highest BCUT2D eigenvalue weighted by molar-refractivity contribution is 7.10. The van der Waals surface area contributed by atoms with Gasteiger partial charge in [-0.25, -0.2) is 4.98 Å². The fraction of sp³-hybridized carbons (Fsp3) is 0.467. The molecule has 2 aliphatic rings. The largest absolute Gasteiger partial charge is 0.333 e. The number of rotatable bonds is 1. The molecule has 0 saturated heterocycles. The minimum absolute atomic E-state index is 0. The van der Waals surface area contributed by atoms with E-state index >= 15 is 0 Å². The van der Waals surface area contributed by atoms with Crippen LogP contribution in [0.3, 0.4) is 0 Å². The molecule has 2 aliphatic heterocycles. The van der Waals surface area contributed by atoms with Gasteiger partial charge in [-0.1, -0.05) is 0 Å². The van der Waals surface area contributed by atoms with Gasteiger partial charge < -0.3 is 14.8 Å². The van der Waals surface area contributed by atoms with Gasteiger partial charge in [0.05, 0.1) is 0 Å². The lowest BCUT2D eigenvalue weighted by Gasteiger charge is -2.26. The second-order valence-electron chi connectivity index (χ2n) is 5.58. The molecule has 4 rings (SSSR count). The Balaban J connectivity index is 0.000000960. The van der Waals surface area contributed by atoms with E-state index < -0.39 is 0 Å². The number of carbonyl (C=O) groups is 1. The second-order valence-corrected chi connectivity index (χ2v) is 6.58. The first-order chi connectivity index (χ1) is 10.3. The Bertz CT molecular complexity index is 661. The minimum atomic E-state index is 0. The van der Waals surface area contributed by atoms with E-state index in [0.717, 1.165) is 51.4 Å². The van der Waals surface area contributed by atoms with Crippen molar-refractivity contribution in [3.8, 4) is 0 Å². The summed E-state index contributed by atoms with van der Waals surface area (Å²) in [5.41, 5.74) is 1.90. The normalized spacial score (nSPS) is 16.4. The number of aromatic nitrogens is 2. The van der Waals surface area contributed by atoms with Gasteiger partial charge in [0.1, 0.15) is 11.5 Å². The molecule has 0 aromatic carbocycles. The first-order valence-electron chi connectivity index (χ1n) is 7.42. The number of halogens is 2. The van der Waals surface area contributed by atoms with Gasteiger partial charge in [0.25, 0.3) is 5.91 Å². The molecular weight excluding hydrogens is 355 g/mol. The van der Waals surface area contributed by atoms with Crippen LogP contribution >= 0.6 is 36.2 Å². The molecule has 0 spiro atoms. The highest BCUT2D eigenvalue weighted by atomic mass is 35.5. The number of hydrogen-bond donors (Lipinski definition) is 1. The minimum Gasteiger partial charge on any atom is -0.333 e. The van der Waals surface area contributed by atoms with Crippen molar-refractivity contribution in [2.24, 2.45) is 0 Å². The van der Waals surface area contributed by atoms with Crippen LogP contribution in [0.1, 0.15) is 26.8 Å². The van der Waals surface area contributed by atoms with Gasteiger partial charge in [-0.3, -0.25) is 4.79 Å². The van der Waals surface area contributed by atoms with Gasteiger partial charge in [0.2, 0.25) is 0 Å². The van der Waals surface area contributed by atoms with Gasteiger partial charge in [-0.15, -0.1) is 36.2 Å². The van der Waals surface area contributed by atoms with E-state index in [1.807, 2.05) is 11.1 Å². The number of carbonyl (C=O) groups excluding carboxylic acids is 1. The monoisotopic (exact) mass is 374 g/mol. The van der Waals surface area contributed by atoms with Crippen LogP contribution in [0, 0.1) is 0 Å². The maximum Gasteiger partial charge on any atom is 0.274 e. The zero-order chi connectivity index (χ0) is 14.2. The third kappa shape index (κ3) is 3.55. The van der Waals surface area contributed by atoms with Crippen molar-refractivity contribution >= 4 is 42.1 Å². The first kappa shape index (κ1) is 18.3.